The lowest BCUT2D eigenvalue weighted by Gasteiger charge is -2.48. The van der Waals surface area contributed by atoms with E-state index in [1.807, 2.05) is 0 Å². The smallest absolute Gasteiger partial charge is 0.352 e. The number of hydrogen-bond acceptors (Lipinski definition) is 8. The number of amides is 2. The van der Waals surface area contributed by atoms with Crippen LogP contribution in [-0.2, 0) is 24.0 Å². The second-order valence-electron chi connectivity index (χ2n) is 7.29. The third-order valence-corrected chi connectivity index (χ3v) is 6.62. The van der Waals surface area contributed by atoms with Gasteiger partial charge in [0.2, 0.25) is 11.3 Å². The number of carbonyl (C=O) groups excluding carboxylic acids is 2. The normalized spacial score (nSPS) is 24.6. The summed E-state index contributed by atoms with van der Waals surface area (Å²) in [6, 6.07) is 2.03. The number of furan rings is 1. The van der Waals surface area contributed by atoms with E-state index in [0.717, 1.165) is 4.90 Å². The van der Waals surface area contributed by atoms with Gasteiger partial charge in [0.1, 0.15) is 17.1 Å². The minimum atomic E-state index is -1.51. The maximum Gasteiger partial charge on any atom is 0.352 e. The van der Waals surface area contributed by atoms with Gasteiger partial charge in [0.15, 0.2) is 5.76 Å². The molecule has 164 valence electrons. The minimum Gasteiger partial charge on any atom is -0.478 e. The topological polar surface area (TPSA) is 159 Å². The quantitative estimate of drug-likeness (QED) is 0.310. The Balaban J connectivity index is 1.53. The van der Waals surface area contributed by atoms with Crippen LogP contribution in [0.3, 0.4) is 0 Å². The third-order valence-electron chi connectivity index (χ3n) is 5.43. The largest absolute Gasteiger partial charge is 0.478 e. The molecule has 3 N–H and O–H groups in total. The molecule has 4 rings (SSSR count). The van der Waals surface area contributed by atoms with E-state index < -0.39 is 40.8 Å². The molecule has 0 unspecified atom stereocenters. The minimum absolute atomic E-state index is 0.0436. The molecule has 0 bridgehead atoms. The SMILES string of the molecule is O=C(O)C1=CCS[C@@H]2[C@H](NC(=O)C(=NOC3(C(=O)O)CCCC3)c3ccco3)C(=O)N12. The van der Waals surface area contributed by atoms with Gasteiger partial charge >= 0.3 is 11.9 Å². The molecule has 31 heavy (non-hydrogen) atoms. The first-order valence-corrected chi connectivity index (χ1v) is 10.6. The Labute approximate surface area is 180 Å². The van der Waals surface area contributed by atoms with Gasteiger partial charge in [0.05, 0.1) is 6.26 Å². The highest BCUT2D eigenvalue weighted by molar-refractivity contribution is 8.00. The van der Waals surface area contributed by atoms with E-state index in [1.165, 1.54) is 36.2 Å². The van der Waals surface area contributed by atoms with Crippen molar-refractivity contribution in [1.82, 2.24) is 10.2 Å². The van der Waals surface area contributed by atoms with Gasteiger partial charge in [-0.05, 0) is 31.1 Å². The zero-order chi connectivity index (χ0) is 22.2. The van der Waals surface area contributed by atoms with Gasteiger partial charge in [-0.25, -0.2) is 9.59 Å². The van der Waals surface area contributed by atoms with Gasteiger partial charge in [0, 0.05) is 18.6 Å². The standard InChI is InChI=1S/C19H19N3O8S/c23-14(20-13-15(24)22-10(17(25)26)5-9-31-16(13)22)12(11-4-3-8-29-11)21-30-19(18(27)28)6-1-2-7-19/h3-5,8,13,16H,1-2,6-7,9H2,(H,20,23)(H,25,26)(H,27,28)/t13-,16-/m1/s1. The average Bonchev–Trinajstić information content (AvgIpc) is 3.44. The number of oxime groups is 1. The Morgan fingerprint density at radius 3 is 2.65 bits per heavy atom. The van der Waals surface area contributed by atoms with E-state index in [4.69, 9.17) is 9.25 Å². The van der Waals surface area contributed by atoms with Crippen LogP contribution in [0.1, 0.15) is 31.4 Å². The first-order valence-electron chi connectivity index (χ1n) is 9.56. The summed E-state index contributed by atoms with van der Waals surface area (Å²) in [6.07, 6.45) is 4.60. The summed E-state index contributed by atoms with van der Waals surface area (Å²) < 4.78 is 5.23. The van der Waals surface area contributed by atoms with Gasteiger partial charge in [-0.15, -0.1) is 11.8 Å². The lowest BCUT2D eigenvalue weighted by atomic mass is 10.0. The molecule has 1 aromatic heterocycles. The lowest BCUT2D eigenvalue weighted by Crippen LogP contribution is -2.70. The van der Waals surface area contributed by atoms with Crippen molar-refractivity contribution < 1.29 is 38.6 Å². The number of carboxylic acids is 2. The van der Waals surface area contributed by atoms with E-state index in [0.29, 0.717) is 18.6 Å². The second-order valence-corrected chi connectivity index (χ2v) is 8.44. The molecular weight excluding hydrogens is 430 g/mol. The molecule has 2 fully saturated rings. The van der Waals surface area contributed by atoms with Gasteiger partial charge in [0.25, 0.3) is 11.8 Å². The van der Waals surface area contributed by atoms with Gasteiger partial charge < -0.3 is 24.8 Å². The number of hydrogen-bond donors (Lipinski definition) is 3. The fourth-order valence-corrected chi connectivity index (χ4v) is 4.98. The molecule has 3 aliphatic rings. The van der Waals surface area contributed by atoms with Crippen molar-refractivity contribution in [3.05, 3.63) is 35.9 Å². The number of β-lactam (4-membered cyclic amide) rings is 1. The van der Waals surface area contributed by atoms with Crippen LogP contribution in [0.2, 0.25) is 0 Å². The molecular formula is C19H19N3O8S. The average molecular weight is 449 g/mol. The van der Waals surface area contributed by atoms with Crippen LogP contribution < -0.4 is 5.32 Å². The Bertz CT molecular complexity index is 980. The van der Waals surface area contributed by atoms with E-state index in [2.05, 4.69) is 10.5 Å². The van der Waals surface area contributed by atoms with Crippen LogP contribution in [0, 0.1) is 0 Å². The van der Waals surface area contributed by atoms with Crippen LogP contribution in [0.25, 0.3) is 0 Å². The van der Waals surface area contributed by atoms with Crippen molar-refractivity contribution in [3.63, 3.8) is 0 Å². The molecule has 1 aromatic rings. The molecule has 1 saturated carbocycles. The molecule has 3 heterocycles. The number of carbonyl (C=O) groups is 4. The maximum absolute atomic E-state index is 12.9. The van der Waals surface area contributed by atoms with Crippen LogP contribution in [0.15, 0.2) is 39.7 Å². The monoisotopic (exact) mass is 449 g/mol. The summed E-state index contributed by atoms with van der Waals surface area (Å²) in [5, 5.41) is 24.6. The zero-order valence-corrected chi connectivity index (χ0v) is 17.0. The van der Waals surface area contributed by atoms with Crippen molar-refractivity contribution in [2.45, 2.75) is 42.7 Å². The van der Waals surface area contributed by atoms with Crippen molar-refractivity contribution in [3.8, 4) is 0 Å². The zero-order valence-electron chi connectivity index (χ0n) is 16.1. The Morgan fingerprint density at radius 2 is 2.03 bits per heavy atom. The van der Waals surface area contributed by atoms with Crippen molar-refractivity contribution in [2.75, 3.05) is 5.75 Å². The lowest BCUT2D eigenvalue weighted by molar-refractivity contribution is -0.165. The highest BCUT2D eigenvalue weighted by atomic mass is 32.2. The van der Waals surface area contributed by atoms with E-state index in [9.17, 15) is 29.4 Å². The third kappa shape index (κ3) is 3.67. The second kappa shape index (κ2) is 8.10. The number of thioether (sulfide) groups is 1. The predicted molar refractivity (Wildman–Crippen MR) is 106 cm³/mol. The molecule has 0 aromatic carbocycles. The first-order chi connectivity index (χ1) is 14.8. The van der Waals surface area contributed by atoms with E-state index in [-0.39, 0.29) is 30.0 Å². The summed E-state index contributed by atoms with van der Waals surface area (Å²) in [6.45, 7) is 0. The van der Waals surface area contributed by atoms with Crippen molar-refractivity contribution >= 4 is 41.2 Å². The molecule has 12 heteroatoms. The number of fused-ring (bicyclic) bond motifs is 1. The first kappa shape index (κ1) is 21.0. The molecule has 2 amide bonds. The molecule has 2 aliphatic heterocycles. The van der Waals surface area contributed by atoms with Gasteiger partial charge in [-0.2, -0.15) is 0 Å². The fourth-order valence-electron chi connectivity index (χ4n) is 3.78. The van der Waals surface area contributed by atoms with Crippen molar-refractivity contribution in [2.24, 2.45) is 5.16 Å². The van der Waals surface area contributed by atoms with Gasteiger partial charge in [-0.1, -0.05) is 5.16 Å². The van der Waals surface area contributed by atoms with Crippen LogP contribution in [-0.4, -0.2) is 67.3 Å². The number of rotatable bonds is 7. The highest BCUT2D eigenvalue weighted by Crippen LogP contribution is 2.37. The van der Waals surface area contributed by atoms with Gasteiger partial charge in [-0.3, -0.25) is 14.5 Å². The summed E-state index contributed by atoms with van der Waals surface area (Å²) in [7, 11) is 0. The maximum atomic E-state index is 12.9. The molecule has 2 atom stereocenters. The Morgan fingerprint density at radius 1 is 1.29 bits per heavy atom. The Kier molecular flexibility index (Phi) is 5.48. The van der Waals surface area contributed by atoms with Crippen molar-refractivity contribution in [1.29, 1.82) is 0 Å². The fraction of sp³-hybridized carbons (Fsp3) is 0.421. The summed E-state index contributed by atoms with van der Waals surface area (Å²) in [4.78, 5) is 54.9. The van der Waals surface area contributed by atoms with Crippen LogP contribution in [0.4, 0.5) is 0 Å². The van der Waals surface area contributed by atoms with E-state index in [1.54, 1.807) is 0 Å². The summed E-state index contributed by atoms with van der Waals surface area (Å²) in [5.74, 6) is -3.31. The summed E-state index contributed by atoms with van der Waals surface area (Å²) in [5.41, 5.74) is -1.94. The van der Waals surface area contributed by atoms with Crippen LogP contribution in [0.5, 0.6) is 0 Å². The molecule has 1 saturated heterocycles. The number of carboxylic acid groups (broad SMARTS) is 2. The molecule has 0 spiro atoms. The van der Waals surface area contributed by atoms with Crippen LogP contribution >= 0.6 is 11.8 Å². The molecule has 0 radical (unpaired) electrons. The number of nitrogens with one attached hydrogen (secondary N) is 1. The Hall–Kier alpha value is -3.28. The molecule has 11 nitrogen and oxygen atoms in total. The number of aliphatic carboxylic acids is 2. The summed E-state index contributed by atoms with van der Waals surface area (Å²) >= 11 is 1.31. The number of nitrogens with zero attached hydrogens (tertiary/aromatic N) is 2. The van der Waals surface area contributed by atoms with E-state index >= 15 is 0 Å². The predicted octanol–water partition coefficient (Wildman–Crippen LogP) is 0.766. The molecule has 1 aliphatic carbocycles. The highest BCUT2D eigenvalue weighted by Gasteiger charge is 2.53.